The van der Waals surface area contributed by atoms with E-state index in [-0.39, 0.29) is 39.2 Å². The molecule has 4 aromatic rings. The quantitative estimate of drug-likeness (QED) is 0.224. The van der Waals surface area contributed by atoms with Crippen molar-refractivity contribution >= 4 is 40.3 Å². The molecule has 0 aliphatic carbocycles. The van der Waals surface area contributed by atoms with Crippen LogP contribution in [0.25, 0.3) is 10.6 Å². The zero-order chi connectivity index (χ0) is 30.0. The van der Waals surface area contributed by atoms with Gasteiger partial charge in [0.1, 0.15) is 21.5 Å². The van der Waals surface area contributed by atoms with E-state index in [9.17, 15) is 22.4 Å². The summed E-state index contributed by atoms with van der Waals surface area (Å²) in [5, 5.41) is 8.63. The third-order valence-electron chi connectivity index (χ3n) is 6.47. The largest absolute Gasteiger partial charge is 0.497 e. The molecule has 0 radical (unpaired) electrons. The van der Waals surface area contributed by atoms with Crippen LogP contribution in [0.3, 0.4) is 0 Å². The summed E-state index contributed by atoms with van der Waals surface area (Å²) in [7, 11) is 1.50. The molecule has 0 bridgehead atoms. The van der Waals surface area contributed by atoms with Crippen molar-refractivity contribution in [3.63, 3.8) is 0 Å². The van der Waals surface area contributed by atoms with E-state index in [2.05, 4.69) is 30.9 Å². The zero-order valence-corrected chi connectivity index (χ0v) is 23.6. The van der Waals surface area contributed by atoms with Crippen LogP contribution in [0.15, 0.2) is 54.9 Å². The molecule has 1 fully saturated rings. The highest BCUT2D eigenvalue weighted by molar-refractivity contribution is 7.17. The van der Waals surface area contributed by atoms with Crippen molar-refractivity contribution in [3.05, 3.63) is 71.2 Å². The molecule has 1 aliphatic rings. The van der Waals surface area contributed by atoms with Gasteiger partial charge in [0.15, 0.2) is 5.69 Å². The highest BCUT2D eigenvalue weighted by Gasteiger charge is 2.37. The summed E-state index contributed by atoms with van der Waals surface area (Å²) in [5.41, 5.74) is -0.476. The zero-order valence-electron chi connectivity index (χ0n) is 22.8. The molecule has 1 aliphatic heterocycles. The van der Waals surface area contributed by atoms with E-state index in [0.717, 1.165) is 23.7 Å². The Morgan fingerprint density at radius 1 is 1.05 bits per heavy atom. The van der Waals surface area contributed by atoms with Gasteiger partial charge in [-0.25, -0.2) is 19.3 Å². The monoisotopic (exact) mass is 601 g/mol. The third-order valence-corrected chi connectivity index (χ3v) is 7.50. The fourth-order valence-electron chi connectivity index (χ4n) is 4.68. The molecule has 2 atom stereocenters. The number of ether oxygens (including phenoxy) is 1. The van der Waals surface area contributed by atoms with Gasteiger partial charge in [0.25, 0.3) is 5.91 Å². The molecule has 42 heavy (non-hydrogen) atoms. The lowest BCUT2D eigenvalue weighted by Gasteiger charge is -2.37. The first kappa shape index (κ1) is 29.2. The first-order valence-corrected chi connectivity index (χ1v) is 13.7. The minimum atomic E-state index is -4.82. The fourth-order valence-corrected chi connectivity index (χ4v) is 5.50. The Bertz CT molecular complexity index is 1570. The molecule has 2 aromatic heterocycles. The number of halogens is 4. The van der Waals surface area contributed by atoms with Crippen LogP contribution in [0.4, 0.5) is 40.6 Å². The van der Waals surface area contributed by atoms with Gasteiger partial charge in [-0.1, -0.05) is 0 Å². The highest BCUT2D eigenvalue weighted by atomic mass is 32.1. The number of rotatable bonds is 7. The van der Waals surface area contributed by atoms with Gasteiger partial charge in [-0.05, 0) is 56.3 Å². The number of nitrogens with one attached hydrogen (secondary N) is 3. The number of nitrogens with zero attached hydrogens (tertiary/aromatic N) is 4. The topological polar surface area (TPSA) is 104 Å². The Kier molecular flexibility index (Phi) is 8.27. The maximum atomic E-state index is 15.0. The van der Waals surface area contributed by atoms with Crippen molar-refractivity contribution in [2.24, 2.45) is 0 Å². The number of aromatic nitrogens is 3. The van der Waals surface area contributed by atoms with Crippen LogP contribution in [0.1, 0.15) is 29.2 Å². The number of carbonyl (C=O) groups excluding carboxylic acids is 1. The van der Waals surface area contributed by atoms with E-state index in [1.807, 2.05) is 18.7 Å². The van der Waals surface area contributed by atoms with Crippen molar-refractivity contribution in [1.82, 2.24) is 20.3 Å². The molecule has 3 heterocycles. The average molecular weight is 602 g/mol. The van der Waals surface area contributed by atoms with Gasteiger partial charge >= 0.3 is 6.18 Å². The highest BCUT2D eigenvalue weighted by Crippen LogP contribution is 2.38. The van der Waals surface area contributed by atoms with Crippen LogP contribution in [0.5, 0.6) is 5.75 Å². The summed E-state index contributed by atoms with van der Waals surface area (Å²) in [5.74, 6) is -0.809. The summed E-state index contributed by atoms with van der Waals surface area (Å²) in [6, 6.07) is 11.3. The predicted molar refractivity (Wildman–Crippen MR) is 153 cm³/mol. The Hall–Kier alpha value is -4.30. The van der Waals surface area contributed by atoms with E-state index in [0.29, 0.717) is 30.2 Å². The standard InChI is InChI=1S/C28H27F4N7O2S/c1-15-13-39(14-16(2)35-15)22-9-6-18(10-21(22)29)36-25(40)23-12-33-26(42-23)20-11-34-27(38-24(20)28(30,31)32)37-17-4-7-19(41-3)8-5-17/h4-12,15-16,35H,13-14H2,1-3H3,(H,36,40)(H,34,37,38)/t15-,16+. The lowest BCUT2D eigenvalue weighted by Crippen LogP contribution is -2.54. The van der Waals surface area contributed by atoms with E-state index >= 15 is 0 Å². The molecular weight excluding hydrogens is 574 g/mol. The Labute approximate surface area is 243 Å². The van der Waals surface area contributed by atoms with Crippen LogP contribution in [0, 0.1) is 5.82 Å². The van der Waals surface area contributed by atoms with E-state index < -0.39 is 23.6 Å². The van der Waals surface area contributed by atoms with Crippen molar-refractivity contribution < 1.29 is 27.1 Å². The first-order chi connectivity index (χ1) is 20.0. The van der Waals surface area contributed by atoms with Gasteiger partial charge in [0.05, 0.1) is 24.6 Å². The van der Waals surface area contributed by atoms with Crippen LogP contribution in [-0.4, -0.2) is 53.1 Å². The molecular formula is C28H27F4N7O2S. The molecule has 0 spiro atoms. The molecule has 0 unspecified atom stereocenters. The lowest BCUT2D eigenvalue weighted by atomic mass is 10.1. The molecule has 14 heteroatoms. The molecule has 3 N–H and O–H groups in total. The normalized spacial score (nSPS) is 17.2. The Balaban J connectivity index is 1.32. The number of alkyl halides is 3. The Morgan fingerprint density at radius 3 is 2.38 bits per heavy atom. The molecule has 2 aromatic carbocycles. The predicted octanol–water partition coefficient (Wildman–Crippen LogP) is 5.95. The maximum absolute atomic E-state index is 15.0. The van der Waals surface area contributed by atoms with E-state index in [4.69, 9.17) is 4.74 Å². The van der Waals surface area contributed by atoms with Gasteiger partial charge in [0.2, 0.25) is 5.95 Å². The molecule has 5 rings (SSSR count). The number of hydrogen-bond acceptors (Lipinski definition) is 9. The number of piperazine rings is 1. The molecule has 220 valence electrons. The van der Waals surface area contributed by atoms with Crippen LogP contribution in [0.2, 0.25) is 0 Å². The second-order valence-electron chi connectivity index (χ2n) is 9.83. The van der Waals surface area contributed by atoms with Gasteiger partial charge in [0, 0.05) is 42.7 Å². The first-order valence-electron chi connectivity index (χ1n) is 12.9. The summed E-state index contributed by atoms with van der Waals surface area (Å²) in [4.78, 5) is 26.6. The smallest absolute Gasteiger partial charge is 0.434 e. The van der Waals surface area contributed by atoms with Gasteiger partial charge < -0.3 is 25.6 Å². The number of hydrogen-bond donors (Lipinski definition) is 3. The van der Waals surface area contributed by atoms with E-state index in [1.165, 1.54) is 13.2 Å². The minimum absolute atomic E-state index is 0.0350. The third kappa shape index (κ3) is 6.60. The van der Waals surface area contributed by atoms with Gasteiger partial charge in [-0.2, -0.15) is 13.2 Å². The fraction of sp³-hybridized carbons (Fsp3) is 0.286. The summed E-state index contributed by atoms with van der Waals surface area (Å²) < 4.78 is 62.0. The number of thiazole rings is 1. The SMILES string of the molecule is COc1ccc(Nc2ncc(-c3ncc(C(=O)Nc4ccc(N5C[C@@H](C)N[C@@H](C)C5)c(F)c4)s3)c(C(F)(F)F)n2)cc1. The number of amides is 1. The summed E-state index contributed by atoms with van der Waals surface area (Å²) in [6.45, 7) is 5.32. The van der Waals surface area contributed by atoms with Gasteiger partial charge in [-0.3, -0.25) is 4.79 Å². The number of anilines is 4. The van der Waals surface area contributed by atoms with Gasteiger partial charge in [-0.15, -0.1) is 11.3 Å². The Morgan fingerprint density at radius 2 is 1.74 bits per heavy atom. The number of benzene rings is 2. The van der Waals surface area contributed by atoms with Crippen molar-refractivity contribution in [2.45, 2.75) is 32.1 Å². The van der Waals surface area contributed by atoms with Crippen LogP contribution < -0.4 is 25.6 Å². The minimum Gasteiger partial charge on any atom is -0.497 e. The van der Waals surface area contributed by atoms with Crippen molar-refractivity contribution in [2.75, 3.05) is 35.7 Å². The molecule has 1 amide bonds. The van der Waals surface area contributed by atoms with Crippen LogP contribution in [-0.2, 0) is 6.18 Å². The molecule has 0 saturated carbocycles. The van der Waals surface area contributed by atoms with E-state index in [1.54, 1.807) is 36.4 Å². The number of methoxy groups -OCH3 is 1. The summed E-state index contributed by atoms with van der Waals surface area (Å²) >= 11 is 0.742. The molecule has 1 saturated heterocycles. The van der Waals surface area contributed by atoms with Crippen LogP contribution >= 0.6 is 11.3 Å². The molecule has 9 nitrogen and oxygen atoms in total. The lowest BCUT2D eigenvalue weighted by molar-refractivity contribution is -0.140. The number of carbonyl (C=O) groups is 1. The average Bonchev–Trinajstić information content (AvgIpc) is 3.43. The van der Waals surface area contributed by atoms with Crippen molar-refractivity contribution in [1.29, 1.82) is 0 Å². The maximum Gasteiger partial charge on any atom is 0.434 e. The summed E-state index contributed by atoms with van der Waals surface area (Å²) in [6.07, 6.45) is -2.65. The second kappa shape index (κ2) is 11.9. The van der Waals surface area contributed by atoms with Crippen molar-refractivity contribution in [3.8, 4) is 16.3 Å². The second-order valence-corrected chi connectivity index (χ2v) is 10.9.